The minimum atomic E-state index is -0.781. The molecule has 0 amide bonds. The van der Waals surface area contributed by atoms with E-state index in [1.165, 1.54) is 5.56 Å². The molecule has 1 aromatic rings. The fourth-order valence-electron chi connectivity index (χ4n) is 1.64. The van der Waals surface area contributed by atoms with Gasteiger partial charge in [0.1, 0.15) is 0 Å². The predicted octanol–water partition coefficient (Wildman–Crippen LogP) is 2.16. The van der Waals surface area contributed by atoms with Crippen molar-refractivity contribution in [1.82, 2.24) is 4.90 Å². The van der Waals surface area contributed by atoms with E-state index >= 15 is 0 Å². The van der Waals surface area contributed by atoms with Crippen molar-refractivity contribution in [3.8, 4) is 0 Å². The Kier molecular flexibility index (Phi) is 4.99. The Labute approximate surface area is 96.7 Å². The predicted molar refractivity (Wildman–Crippen MR) is 64.4 cm³/mol. The van der Waals surface area contributed by atoms with Gasteiger partial charge in [-0.25, -0.2) is 0 Å². The standard InChI is InChI=1S/C13H19NO2/c1-3-14(4-2)10-12-7-5-11(6-8-12)9-13(15)16/h5-8H,3-4,9-10H2,1-2H3,(H,15,16). The molecular formula is C13H19NO2. The first kappa shape index (κ1) is 12.7. The number of rotatable bonds is 6. The number of carbonyl (C=O) groups is 1. The second kappa shape index (κ2) is 6.28. The summed E-state index contributed by atoms with van der Waals surface area (Å²) in [5.41, 5.74) is 2.09. The number of hydrogen-bond donors (Lipinski definition) is 1. The molecule has 0 spiro atoms. The van der Waals surface area contributed by atoms with Gasteiger partial charge in [0.15, 0.2) is 0 Å². The Balaban J connectivity index is 2.60. The highest BCUT2D eigenvalue weighted by Gasteiger charge is 2.03. The van der Waals surface area contributed by atoms with E-state index in [1.807, 2.05) is 24.3 Å². The molecule has 0 aliphatic rings. The van der Waals surface area contributed by atoms with Gasteiger partial charge in [-0.15, -0.1) is 0 Å². The second-order valence-corrected chi connectivity index (χ2v) is 3.85. The highest BCUT2D eigenvalue weighted by Crippen LogP contribution is 2.08. The van der Waals surface area contributed by atoms with Crippen molar-refractivity contribution in [3.63, 3.8) is 0 Å². The van der Waals surface area contributed by atoms with E-state index in [4.69, 9.17) is 5.11 Å². The van der Waals surface area contributed by atoms with Crippen LogP contribution in [0.3, 0.4) is 0 Å². The summed E-state index contributed by atoms with van der Waals surface area (Å²) < 4.78 is 0. The number of hydrogen-bond acceptors (Lipinski definition) is 2. The minimum Gasteiger partial charge on any atom is -0.481 e. The maximum atomic E-state index is 10.5. The van der Waals surface area contributed by atoms with Crippen molar-refractivity contribution >= 4 is 5.97 Å². The lowest BCUT2D eigenvalue weighted by Gasteiger charge is -2.17. The van der Waals surface area contributed by atoms with Gasteiger partial charge < -0.3 is 5.11 Å². The Hall–Kier alpha value is -1.35. The van der Waals surface area contributed by atoms with Gasteiger partial charge in [0.25, 0.3) is 0 Å². The number of carboxylic acids is 1. The van der Waals surface area contributed by atoms with Crippen LogP contribution in [-0.2, 0) is 17.8 Å². The summed E-state index contributed by atoms with van der Waals surface area (Å²) in [6.07, 6.45) is 0.103. The third-order valence-electron chi connectivity index (χ3n) is 2.68. The van der Waals surface area contributed by atoms with Crippen LogP contribution in [0.2, 0.25) is 0 Å². The number of carboxylic acid groups (broad SMARTS) is 1. The van der Waals surface area contributed by atoms with Gasteiger partial charge in [-0.05, 0) is 24.2 Å². The van der Waals surface area contributed by atoms with E-state index in [9.17, 15) is 4.79 Å². The quantitative estimate of drug-likeness (QED) is 0.800. The van der Waals surface area contributed by atoms with Gasteiger partial charge in [-0.1, -0.05) is 38.1 Å². The average molecular weight is 221 g/mol. The van der Waals surface area contributed by atoms with Crippen molar-refractivity contribution in [2.45, 2.75) is 26.8 Å². The summed E-state index contributed by atoms with van der Waals surface area (Å²) in [5.74, 6) is -0.781. The van der Waals surface area contributed by atoms with Crippen LogP contribution in [0.25, 0.3) is 0 Å². The maximum absolute atomic E-state index is 10.5. The van der Waals surface area contributed by atoms with Crippen LogP contribution in [0.1, 0.15) is 25.0 Å². The van der Waals surface area contributed by atoms with Crippen LogP contribution in [0.4, 0.5) is 0 Å². The normalized spacial score (nSPS) is 10.7. The van der Waals surface area contributed by atoms with Gasteiger partial charge in [-0.2, -0.15) is 0 Å². The Morgan fingerprint density at radius 2 is 1.62 bits per heavy atom. The zero-order chi connectivity index (χ0) is 12.0. The number of aliphatic carboxylic acids is 1. The largest absolute Gasteiger partial charge is 0.481 e. The molecule has 0 unspecified atom stereocenters. The molecule has 0 bridgehead atoms. The number of benzene rings is 1. The summed E-state index contributed by atoms with van der Waals surface area (Å²) in [4.78, 5) is 12.8. The summed E-state index contributed by atoms with van der Waals surface area (Å²) >= 11 is 0. The smallest absolute Gasteiger partial charge is 0.307 e. The lowest BCUT2D eigenvalue weighted by atomic mass is 10.1. The van der Waals surface area contributed by atoms with Crippen LogP contribution in [0.15, 0.2) is 24.3 Å². The fraction of sp³-hybridized carbons (Fsp3) is 0.462. The number of nitrogens with zero attached hydrogens (tertiary/aromatic N) is 1. The van der Waals surface area contributed by atoms with Crippen LogP contribution in [0, 0.1) is 0 Å². The van der Waals surface area contributed by atoms with E-state index in [-0.39, 0.29) is 6.42 Å². The van der Waals surface area contributed by atoms with Gasteiger partial charge in [0, 0.05) is 6.54 Å². The molecular weight excluding hydrogens is 202 g/mol. The maximum Gasteiger partial charge on any atom is 0.307 e. The first-order valence-electron chi connectivity index (χ1n) is 5.67. The van der Waals surface area contributed by atoms with Crippen molar-refractivity contribution in [2.24, 2.45) is 0 Å². The van der Waals surface area contributed by atoms with Crippen LogP contribution >= 0.6 is 0 Å². The van der Waals surface area contributed by atoms with Crippen molar-refractivity contribution in [2.75, 3.05) is 13.1 Å². The summed E-state index contributed by atoms with van der Waals surface area (Å²) in [7, 11) is 0. The molecule has 0 fully saturated rings. The molecule has 0 radical (unpaired) electrons. The van der Waals surface area contributed by atoms with Crippen LogP contribution in [0.5, 0.6) is 0 Å². The molecule has 1 N–H and O–H groups in total. The topological polar surface area (TPSA) is 40.5 Å². The Morgan fingerprint density at radius 3 is 2.06 bits per heavy atom. The second-order valence-electron chi connectivity index (χ2n) is 3.85. The summed E-state index contributed by atoms with van der Waals surface area (Å²) in [5, 5.41) is 8.65. The van der Waals surface area contributed by atoms with Gasteiger partial charge in [0.05, 0.1) is 6.42 Å². The zero-order valence-corrected chi connectivity index (χ0v) is 9.94. The van der Waals surface area contributed by atoms with E-state index in [2.05, 4.69) is 18.7 Å². The van der Waals surface area contributed by atoms with E-state index < -0.39 is 5.97 Å². The molecule has 16 heavy (non-hydrogen) atoms. The molecule has 0 aliphatic carbocycles. The fourth-order valence-corrected chi connectivity index (χ4v) is 1.64. The summed E-state index contributed by atoms with van der Waals surface area (Å²) in [6, 6.07) is 7.81. The molecule has 0 aromatic heterocycles. The third-order valence-corrected chi connectivity index (χ3v) is 2.68. The molecule has 0 saturated heterocycles. The highest BCUT2D eigenvalue weighted by atomic mass is 16.4. The molecule has 1 rings (SSSR count). The lowest BCUT2D eigenvalue weighted by molar-refractivity contribution is -0.136. The molecule has 1 aromatic carbocycles. The van der Waals surface area contributed by atoms with Gasteiger partial charge in [-0.3, -0.25) is 9.69 Å². The third kappa shape index (κ3) is 4.03. The van der Waals surface area contributed by atoms with E-state index in [0.29, 0.717) is 0 Å². The summed E-state index contributed by atoms with van der Waals surface area (Å²) in [6.45, 7) is 7.28. The molecule has 0 aliphatic heterocycles. The van der Waals surface area contributed by atoms with Crippen molar-refractivity contribution in [1.29, 1.82) is 0 Å². The first-order valence-corrected chi connectivity index (χ1v) is 5.67. The SMILES string of the molecule is CCN(CC)Cc1ccc(CC(=O)O)cc1. The molecule has 0 atom stereocenters. The Morgan fingerprint density at radius 1 is 1.12 bits per heavy atom. The molecule has 3 heteroatoms. The van der Waals surface area contributed by atoms with E-state index in [1.54, 1.807) is 0 Å². The highest BCUT2D eigenvalue weighted by molar-refractivity contribution is 5.70. The lowest BCUT2D eigenvalue weighted by Crippen LogP contribution is -2.22. The Bertz CT molecular complexity index is 328. The average Bonchev–Trinajstić information content (AvgIpc) is 2.27. The van der Waals surface area contributed by atoms with Crippen LogP contribution < -0.4 is 0 Å². The first-order chi connectivity index (χ1) is 7.65. The van der Waals surface area contributed by atoms with E-state index in [0.717, 1.165) is 25.2 Å². The molecule has 88 valence electrons. The van der Waals surface area contributed by atoms with Crippen molar-refractivity contribution < 1.29 is 9.90 Å². The van der Waals surface area contributed by atoms with Gasteiger partial charge >= 0.3 is 5.97 Å². The molecule has 0 saturated carbocycles. The molecule has 0 heterocycles. The van der Waals surface area contributed by atoms with Gasteiger partial charge in [0.2, 0.25) is 0 Å². The minimum absolute atomic E-state index is 0.103. The monoisotopic (exact) mass is 221 g/mol. The van der Waals surface area contributed by atoms with Crippen LogP contribution in [-0.4, -0.2) is 29.1 Å². The zero-order valence-electron chi connectivity index (χ0n) is 9.94. The van der Waals surface area contributed by atoms with Crippen molar-refractivity contribution in [3.05, 3.63) is 35.4 Å². The molecule has 3 nitrogen and oxygen atoms in total.